The van der Waals surface area contributed by atoms with Gasteiger partial charge in [-0.1, -0.05) is 179 Å². The third-order valence-electron chi connectivity index (χ3n) is 9.62. The van der Waals surface area contributed by atoms with E-state index in [1.165, 1.54) is 154 Å². The molecule has 0 aliphatic carbocycles. The van der Waals surface area contributed by atoms with Gasteiger partial charge >= 0.3 is 13.8 Å². The Morgan fingerprint density at radius 2 is 1.00 bits per heavy atom. The Bertz CT molecular complexity index is 926. The van der Waals surface area contributed by atoms with Crippen molar-refractivity contribution >= 4 is 13.8 Å². The fourth-order valence-corrected chi connectivity index (χ4v) is 7.05. The molecule has 9 heteroatoms. The van der Waals surface area contributed by atoms with Gasteiger partial charge in [0.05, 0.1) is 19.5 Å². The third kappa shape index (κ3) is 41.7. The highest BCUT2D eigenvalue weighted by Crippen LogP contribution is 2.43. The Labute approximate surface area is 333 Å². The highest BCUT2D eigenvalue weighted by atomic mass is 31.2. The molecule has 0 aromatic heterocycles. The normalized spacial score (nSPS) is 13.7. The van der Waals surface area contributed by atoms with Crippen LogP contribution in [-0.2, 0) is 27.9 Å². The van der Waals surface area contributed by atoms with Crippen molar-refractivity contribution in [2.24, 2.45) is 5.73 Å². The number of unbranched alkanes of at least 4 members (excludes halogenated alkanes) is 26. The molecule has 0 aromatic carbocycles. The zero-order chi connectivity index (χ0) is 39.5. The van der Waals surface area contributed by atoms with E-state index in [9.17, 15) is 14.3 Å². The van der Waals surface area contributed by atoms with Gasteiger partial charge in [-0.05, 0) is 57.4 Å². The molecule has 0 saturated carbocycles. The molecule has 0 aromatic rings. The minimum Gasteiger partial charge on any atom is -0.498 e. The van der Waals surface area contributed by atoms with Crippen LogP contribution >= 0.6 is 7.82 Å². The summed E-state index contributed by atoms with van der Waals surface area (Å²) in [5, 5.41) is 0. The lowest BCUT2D eigenvalue weighted by Crippen LogP contribution is -2.27. The maximum atomic E-state index is 12.6. The van der Waals surface area contributed by atoms with Gasteiger partial charge in [0.15, 0.2) is 6.10 Å². The van der Waals surface area contributed by atoms with Crippen molar-refractivity contribution in [3.63, 3.8) is 0 Å². The standard InChI is InChI=1S/C45H86NO7P/c1-3-5-7-9-11-13-15-17-19-21-22-23-24-26-28-30-32-34-36-38-45(47)53-44(43-52-54(48,49)51-41-39-46)42-50-40-37-35-33-31-29-27-25-20-18-16-14-12-10-8-6-4-2/h11,13,17,19,37,40,44H,3-10,12,14-16,18,20-36,38-39,41-43,46H2,1-2H3,(H,48,49)/b13-11-,19-17-,40-37-/t44-/m1/s1. The second kappa shape index (κ2) is 42.7. The molecule has 0 spiro atoms. The number of phosphoric ester groups is 1. The van der Waals surface area contributed by atoms with Crippen molar-refractivity contribution in [1.29, 1.82) is 0 Å². The number of carbonyl (C=O) groups is 1. The van der Waals surface area contributed by atoms with Crippen molar-refractivity contribution in [3.05, 3.63) is 36.6 Å². The highest BCUT2D eigenvalue weighted by molar-refractivity contribution is 7.47. The van der Waals surface area contributed by atoms with Gasteiger partial charge < -0.3 is 20.1 Å². The first-order chi connectivity index (χ1) is 26.4. The summed E-state index contributed by atoms with van der Waals surface area (Å²) in [5.41, 5.74) is 5.37. The van der Waals surface area contributed by atoms with Crippen molar-refractivity contribution in [2.45, 2.75) is 219 Å². The zero-order valence-corrected chi connectivity index (χ0v) is 36.1. The van der Waals surface area contributed by atoms with Crippen molar-refractivity contribution in [3.8, 4) is 0 Å². The van der Waals surface area contributed by atoms with Crippen LogP contribution in [0.5, 0.6) is 0 Å². The third-order valence-corrected chi connectivity index (χ3v) is 10.6. The van der Waals surface area contributed by atoms with Crippen LogP contribution < -0.4 is 5.73 Å². The summed E-state index contributed by atoms with van der Waals surface area (Å²) >= 11 is 0. The first-order valence-electron chi connectivity index (χ1n) is 22.5. The van der Waals surface area contributed by atoms with E-state index >= 15 is 0 Å². The molecule has 0 bridgehead atoms. The van der Waals surface area contributed by atoms with E-state index < -0.39 is 13.9 Å². The fourth-order valence-electron chi connectivity index (χ4n) is 6.29. The molecule has 0 amide bonds. The smallest absolute Gasteiger partial charge is 0.472 e. The molecule has 54 heavy (non-hydrogen) atoms. The predicted octanol–water partition coefficient (Wildman–Crippen LogP) is 13.8. The molecule has 0 saturated heterocycles. The van der Waals surface area contributed by atoms with Crippen LogP contribution in [0, 0.1) is 0 Å². The molecule has 1 unspecified atom stereocenters. The quantitative estimate of drug-likeness (QED) is 0.0206. The Balaban J connectivity index is 4.05. The molecule has 8 nitrogen and oxygen atoms in total. The lowest BCUT2D eigenvalue weighted by Gasteiger charge is -2.19. The number of hydrogen-bond donors (Lipinski definition) is 2. The molecule has 0 aliphatic rings. The summed E-state index contributed by atoms with van der Waals surface area (Å²) < 4.78 is 33.2. The summed E-state index contributed by atoms with van der Waals surface area (Å²) in [7, 11) is -4.29. The summed E-state index contributed by atoms with van der Waals surface area (Å²) in [5.74, 6) is -0.355. The minimum atomic E-state index is -4.29. The largest absolute Gasteiger partial charge is 0.498 e. The molecule has 3 N–H and O–H groups in total. The molecule has 0 heterocycles. The summed E-state index contributed by atoms with van der Waals surface area (Å²) in [4.78, 5) is 22.5. The van der Waals surface area contributed by atoms with Gasteiger partial charge in [0.25, 0.3) is 0 Å². The fraction of sp³-hybridized carbons (Fsp3) is 0.844. The van der Waals surface area contributed by atoms with E-state index in [1.54, 1.807) is 6.26 Å². The van der Waals surface area contributed by atoms with Crippen molar-refractivity contribution < 1.29 is 32.8 Å². The van der Waals surface area contributed by atoms with Gasteiger partial charge in [-0.25, -0.2) is 4.57 Å². The number of ether oxygens (including phenoxy) is 2. The minimum absolute atomic E-state index is 0.0324. The molecular weight excluding hydrogens is 697 g/mol. The Kier molecular flexibility index (Phi) is 41.6. The average molecular weight is 784 g/mol. The molecule has 0 radical (unpaired) electrons. The number of rotatable bonds is 43. The monoisotopic (exact) mass is 784 g/mol. The number of esters is 1. The van der Waals surface area contributed by atoms with Crippen LogP contribution in [0.3, 0.4) is 0 Å². The molecule has 0 fully saturated rings. The van der Waals surface area contributed by atoms with E-state index in [0.717, 1.165) is 38.5 Å². The number of carbonyl (C=O) groups excluding carboxylic acids is 1. The molecule has 2 atom stereocenters. The van der Waals surface area contributed by atoms with E-state index in [1.807, 2.05) is 6.08 Å². The van der Waals surface area contributed by atoms with E-state index in [-0.39, 0.29) is 32.3 Å². The van der Waals surface area contributed by atoms with Gasteiger partial charge in [-0.2, -0.15) is 0 Å². The molecule has 318 valence electrons. The van der Waals surface area contributed by atoms with E-state index in [2.05, 4.69) is 38.2 Å². The number of nitrogens with two attached hydrogens (primary N) is 1. The van der Waals surface area contributed by atoms with Crippen LogP contribution in [0.15, 0.2) is 36.6 Å². The first kappa shape index (κ1) is 52.6. The second-order valence-electron chi connectivity index (χ2n) is 15.0. The summed E-state index contributed by atoms with van der Waals surface area (Å²) in [6.45, 7) is 4.23. The number of allylic oxidation sites excluding steroid dienone is 5. The van der Waals surface area contributed by atoms with Crippen molar-refractivity contribution in [2.75, 3.05) is 26.4 Å². The lowest BCUT2D eigenvalue weighted by atomic mass is 10.0. The van der Waals surface area contributed by atoms with Crippen LogP contribution in [0.25, 0.3) is 0 Å². The van der Waals surface area contributed by atoms with Crippen molar-refractivity contribution in [1.82, 2.24) is 0 Å². The Hall–Kier alpha value is -1.44. The van der Waals surface area contributed by atoms with Crippen LogP contribution in [0.2, 0.25) is 0 Å². The number of hydrogen-bond acceptors (Lipinski definition) is 7. The number of phosphoric acid groups is 1. The van der Waals surface area contributed by atoms with Gasteiger partial charge in [0.2, 0.25) is 0 Å². The zero-order valence-electron chi connectivity index (χ0n) is 35.2. The topological polar surface area (TPSA) is 117 Å². The summed E-state index contributed by atoms with van der Waals surface area (Å²) in [6.07, 6.45) is 49.7. The van der Waals surface area contributed by atoms with Crippen LogP contribution in [-0.4, -0.2) is 43.3 Å². The molecular formula is C45H86NO7P. The Morgan fingerprint density at radius 1 is 0.574 bits per heavy atom. The SMILES string of the molecule is CCCCC/C=C\C/C=C\CCCCCCCCCCCC(=O)O[C@H](CO/C=C\CCCCCCCCCCCCCCCC)COP(=O)(O)OCCN. The van der Waals surface area contributed by atoms with Crippen LogP contribution in [0.1, 0.15) is 213 Å². The summed E-state index contributed by atoms with van der Waals surface area (Å²) in [6, 6.07) is 0. The van der Waals surface area contributed by atoms with E-state index in [4.69, 9.17) is 24.3 Å². The Morgan fingerprint density at radius 3 is 1.50 bits per heavy atom. The first-order valence-corrected chi connectivity index (χ1v) is 24.0. The maximum Gasteiger partial charge on any atom is 0.472 e. The second-order valence-corrected chi connectivity index (χ2v) is 16.4. The van der Waals surface area contributed by atoms with Gasteiger partial charge in [-0.3, -0.25) is 13.8 Å². The lowest BCUT2D eigenvalue weighted by molar-refractivity contribution is -0.153. The van der Waals surface area contributed by atoms with Crippen LogP contribution in [0.4, 0.5) is 0 Å². The van der Waals surface area contributed by atoms with Gasteiger partial charge in [0, 0.05) is 13.0 Å². The highest BCUT2D eigenvalue weighted by Gasteiger charge is 2.25. The van der Waals surface area contributed by atoms with Gasteiger partial charge in [-0.15, -0.1) is 0 Å². The van der Waals surface area contributed by atoms with Gasteiger partial charge in [0.1, 0.15) is 6.61 Å². The maximum absolute atomic E-state index is 12.6. The molecule has 0 rings (SSSR count). The van der Waals surface area contributed by atoms with E-state index in [0.29, 0.717) is 6.42 Å². The molecule has 0 aliphatic heterocycles. The average Bonchev–Trinajstić information content (AvgIpc) is 3.16. The predicted molar refractivity (Wildman–Crippen MR) is 229 cm³/mol.